The predicted octanol–water partition coefficient (Wildman–Crippen LogP) is 2.54. The molecule has 1 aromatic carbocycles. The molecule has 0 bridgehead atoms. The van der Waals surface area contributed by atoms with Gasteiger partial charge in [0, 0.05) is 5.69 Å². The lowest BCUT2D eigenvalue weighted by Crippen LogP contribution is -2.12. The molecule has 1 amide bonds. The van der Waals surface area contributed by atoms with Crippen LogP contribution in [0.5, 0.6) is 0 Å². The van der Waals surface area contributed by atoms with E-state index >= 15 is 0 Å². The van der Waals surface area contributed by atoms with Crippen LogP contribution in [0, 0.1) is 13.8 Å². The van der Waals surface area contributed by atoms with Crippen LogP contribution in [-0.4, -0.2) is 11.1 Å². The lowest BCUT2D eigenvalue weighted by Gasteiger charge is -2.10. The van der Waals surface area contributed by atoms with E-state index < -0.39 is 0 Å². The summed E-state index contributed by atoms with van der Waals surface area (Å²) in [5, 5.41) is 6.34. The van der Waals surface area contributed by atoms with Gasteiger partial charge in [-0.05, 0) is 25.0 Å². The van der Waals surface area contributed by atoms with Gasteiger partial charge in [-0.1, -0.05) is 23.4 Å². The molecule has 16 heavy (non-hydrogen) atoms. The Labute approximate surface area is 93.3 Å². The number of aryl methyl sites for hydroxylation is 2. The number of hydrogen-bond donors (Lipinski definition) is 1. The van der Waals surface area contributed by atoms with Crippen LogP contribution in [0.2, 0.25) is 0 Å². The number of rotatable bonds is 2. The zero-order valence-corrected chi connectivity index (χ0v) is 9.15. The molecule has 82 valence electrons. The Morgan fingerprint density at radius 1 is 1.31 bits per heavy atom. The molecule has 4 heteroatoms. The van der Waals surface area contributed by atoms with Crippen LogP contribution >= 0.6 is 0 Å². The number of carbonyl (C=O) groups excluding carboxylic acids is 1. The molecule has 1 heterocycles. The molecule has 0 spiro atoms. The number of carbonyl (C=O) groups is 1. The first-order valence-corrected chi connectivity index (χ1v) is 4.95. The van der Waals surface area contributed by atoms with Gasteiger partial charge >= 0.3 is 0 Å². The van der Waals surface area contributed by atoms with Crippen LogP contribution in [0.4, 0.5) is 5.69 Å². The van der Waals surface area contributed by atoms with Crippen molar-refractivity contribution < 1.29 is 9.32 Å². The summed E-state index contributed by atoms with van der Waals surface area (Å²) in [5.41, 5.74) is 3.32. The zero-order valence-electron chi connectivity index (χ0n) is 9.15. The molecule has 2 aromatic rings. The molecule has 1 aromatic heterocycles. The maximum absolute atomic E-state index is 11.8. The van der Waals surface area contributed by atoms with Crippen molar-refractivity contribution in [3.63, 3.8) is 0 Å². The third kappa shape index (κ3) is 1.95. The summed E-state index contributed by atoms with van der Waals surface area (Å²) in [6, 6.07) is 5.87. The fraction of sp³-hybridized carbons (Fsp3) is 0.167. The Hall–Kier alpha value is -2.10. The monoisotopic (exact) mass is 216 g/mol. The Bertz CT molecular complexity index is 483. The summed E-state index contributed by atoms with van der Waals surface area (Å²) >= 11 is 0. The number of amides is 1. The maximum atomic E-state index is 11.8. The van der Waals surface area contributed by atoms with Gasteiger partial charge in [0.2, 0.25) is 0 Å². The summed E-state index contributed by atoms with van der Waals surface area (Å²) in [5.74, 6) is -0.210. The van der Waals surface area contributed by atoms with Gasteiger partial charge in [-0.15, -0.1) is 0 Å². The van der Waals surface area contributed by atoms with E-state index in [-0.39, 0.29) is 5.91 Å². The quantitative estimate of drug-likeness (QED) is 0.839. The smallest absolute Gasteiger partial charge is 0.260 e. The Morgan fingerprint density at radius 2 is 2.00 bits per heavy atom. The normalized spacial score (nSPS) is 10.1. The molecule has 0 saturated heterocycles. The van der Waals surface area contributed by atoms with Gasteiger partial charge in [-0.3, -0.25) is 4.79 Å². The zero-order chi connectivity index (χ0) is 11.5. The number of aromatic nitrogens is 1. The van der Waals surface area contributed by atoms with E-state index in [0.29, 0.717) is 5.56 Å². The highest BCUT2D eigenvalue weighted by atomic mass is 16.5. The molecule has 0 saturated carbocycles. The standard InChI is InChI=1S/C12H12N2O2/c1-8-4-3-5-9(2)11(8)14-12(15)10-6-13-16-7-10/h3-7H,1-2H3,(H,14,15). The molecule has 0 aliphatic rings. The van der Waals surface area contributed by atoms with Crippen LogP contribution in [0.1, 0.15) is 21.5 Å². The van der Waals surface area contributed by atoms with Crippen molar-refractivity contribution >= 4 is 11.6 Å². The maximum Gasteiger partial charge on any atom is 0.260 e. The Balaban J connectivity index is 2.25. The molecule has 0 aliphatic heterocycles. The van der Waals surface area contributed by atoms with E-state index in [1.54, 1.807) is 0 Å². The van der Waals surface area contributed by atoms with E-state index in [1.807, 2.05) is 32.0 Å². The third-order valence-electron chi connectivity index (χ3n) is 2.41. The van der Waals surface area contributed by atoms with Crippen LogP contribution in [-0.2, 0) is 0 Å². The van der Waals surface area contributed by atoms with Gasteiger partial charge in [0.15, 0.2) is 0 Å². The van der Waals surface area contributed by atoms with Crippen molar-refractivity contribution in [2.24, 2.45) is 0 Å². The van der Waals surface area contributed by atoms with Gasteiger partial charge in [0.05, 0.1) is 11.8 Å². The van der Waals surface area contributed by atoms with Crippen molar-refractivity contribution in [1.82, 2.24) is 5.16 Å². The molecular formula is C12H12N2O2. The van der Waals surface area contributed by atoms with Crippen molar-refractivity contribution in [1.29, 1.82) is 0 Å². The second kappa shape index (κ2) is 4.18. The molecular weight excluding hydrogens is 204 g/mol. The highest BCUT2D eigenvalue weighted by Gasteiger charge is 2.10. The highest BCUT2D eigenvalue weighted by Crippen LogP contribution is 2.20. The molecule has 0 aliphatic carbocycles. The topological polar surface area (TPSA) is 55.1 Å². The van der Waals surface area contributed by atoms with Crippen molar-refractivity contribution in [2.75, 3.05) is 5.32 Å². The number of nitrogens with one attached hydrogen (secondary N) is 1. The number of anilines is 1. The number of benzene rings is 1. The SMILES string of the molecule is Cc1cccc(C)c1NC(=O)c1cnoc1. The molecule has 0 radical (unpaired) electrons. The summed E-state index contributed by atoms with van der Waals surface area (Å²) in [6.45, 7) is 3.91. The molecule has 4 nitrogen and oxygen atoms in total. The van der Waals surface area contributed by atoms with E-state index in [0.717, 1.165) is 16.8 Å². The molecule has 0 fully saturated rings. The van der Waals surface area contributed by atoms with Crippen LogP contribution in [0.15, 0.2) is 35.2 Å². The second-order valence-corrected chi connectivity index (χ2v) is 3.63. The molecule has 0 unspecified atom stereocenters. The summed E-state index contributed by atoms with van der Waals surface area (Å²) < 4.78 is 4.62. The first kappa shape index (κ1) is 10.4. The lowest BCUT2D eigenvalue weighted by atomic mass is 10.1. The van der Waals surface area contributed by atoms with Gasteiger partial charge in [-0.2, -0.15) is 0 Å². The minimum Gasteiger partial charge on any atom is -0.364 e. The van der Waals surface area contributed by atoms with Gasteiger partial charge in [0.1, 0.15) is 6.26 Å². The average Bonchev–Trinajstić information content (AvgIpc) is 2.76. The summed E-state index contributed by atoms with van der Waals surface area (Å²) in [7, 11) is 0. The summed E-state index contributed by atoms with van der Waals surface area (Å²) in [4.78, 5) is 11.8. The predicted molar refractivity (Wildman–Crippen MR) is 60.4 cm³/mol. The number of para-hydroxylation sites is 1. The largest absolute Gasteiger partial charge is 0.364 e. The van der Waals surface area contributed by atoms with Crippen LogP contribution < -0.4 is 5.32 Å². The van der Waals surface area contributed by atoms with Crippen molar-refractivity contribution in [3.8, 4) is 0 Å². The lowest BCUT2D eigenvalue weighted by molar-refractivity contribution is 0.102. The minimum absolute atomic E-state index is 0.210. The highest BCUT2D eigenvalue weighted by molar-refractivity contribution is 6.04. The van der Waals surface area contributed by atoms with E-state index in [9.17, 15) is 4.79 Å². The Morgan fingerprint density at radius 3 is 2.56 bits per heavy atom. The molecule has 1 N–H and O–H groups in total. The van der Waals surface area contributed by atoms with E-state index in [4.69, 9.17) is 0 Å². The van der Waals surface area contributed by atoms with Crippen LogP contribution in [0.25, 0.3) is 0 Å². The number of nitrogens with zero attached hydrogens (tertiary/aromatic N) is 1. The number of hydrogen-bond acceptors (Lipinski definition) is 3. The molecule has 0 atom stereocenters. The first-order chi connectivity index (χ1) is 7.68. The van der Waals surface area contributed by atoms with Crippen LogP contribution in [0.3, 0.4) is 0 Å². The minimum atomic E-state index is -0.210. The fourth-order valence-corrected chi connectivity index (χ4v) is 1.51. The molecule has 2 rings (SSSR count). The average molecular weight is 216 g/mol. The van der Waals surface area contributed by atoms with Gasteiger partial charge in [-0.25, -0.2) is 0 Å². The van der Waals surface area contributed by atoms with Gasteiger partial charge in [0.25, 0.3) is 5.91 Å². The van der Waals surface area contributed by atoms with Crippen molar-refractivity contribution in [3.05, 3.63) is 47.3 Å². The van der Waals surface area contributed by atoms with E-state index in [2.05, 4.69) is 15.0 Å². The fourth-order valence-electron chi connectivity index (χ4n) is 1.51. The van der Waals surface area contributed by atoms with Gasteiger partial charge < -0.3 is 9.84 Å². The van der Waals surface area contributed by atoms with Crippen molar-refractivity contribution in [2.45, 2.75) is 13.8 Å². The van der Waals surface area contributed by atoms with E-state index in [1.165, 1.54) is 12.5 Å². The summed E-state index contributed by atoms with van der Waals surface area (Å²) in [6.07, 6.45) is 2.71. The first-order valence-electron chi connectivity index (χ1n) is 4.95. The second-order valence-electron chi connectivity index (χ2n) is 3.63. The Kier molecular flexibility index (Phi) is 2.72. The third-order valence-corrected chi connectivity index (χ3v) is 2.41.